The number of urea groups is 1. The fraction of sp³-hybridized carbons (Fsp3) is 0.381. The van der Waals surface area contributed by atoms with Crippen molar-refractivity contribution in [3.05, 3.63) is 59.8 Å². The molecule has 0 atom stereocenters. The molecule has 0 saturated carbocycles. The number of aromatic nitrogens is 1. The van der Waals surface area contributed by atoms with Crippen molar-refractivity contribution in [2.45, 2.75) is 19.5 Å². The lowest BCUT2D eigenvalue weighted by Crippen LogP contribution is -2.38. The molecule has 3 N–H and O–H groups in total. The molecule has 154 valence electrons. The summed E-state index contributed by atoms with van der Waals surface area (Å²) in [6.07, 6.45) is 1.98. The summed E-state index contributed by atoms with van der Waals surface area (Å²) in [5.74, 6) is 0.793. The van der Waals surface area contributed by atoms with Crippen molar-refractivity contribution >= 4 is 17.8 Å². The number of carbonyl (C=O) groups excluding carboxylic acids is 2. The highest BCUT2D eigenvalue weighted by Gasteiger charge is 2.12. The molecule has 1 saturated heterocycles. The van der Waals surface area contributed by atoms with Crippen molar-refractivity contribution in [3.8, 4) is 0 Å². The average molecular weight is 397 g/mol. The Kier molecular flexibility index (Phi) is 7.82. The Morgan fingerprint density at radius 3 is 2.52 bits per heavy atom. The molecule has 1 aliphatic rings. The van der Waals surface area contributed by atoms with Crippen LogP contribution in [-0.4, -0.2) is 49.8 Å². The fourth-order valence-corrected chi connectivity index (χ4v) is 2.96. The monoisotopic (exact) mass is 397 g/mol. The number of ether oxygens (including phenoxy) is 1. The third-order valence-electron chi connectivity index (χ3n) is 4.57. The van der Waals surface area contributed by atoms with Crippen LogP contribution < -0.4 is 20.9 Å². The van der Waals surface area contributed by atoms with Crippen LogP contribution in [0.3, 0.4) is 0 Å². The molecule has 1 fully saturated rings. The summed E-state index contributed by atoms with van der Waals surface area (Å²) in [6.45, 7) is 4.19. The molecule has 2 heterocycles. The predicted molar refractivity (Wildman–Crippen MR) is 110 cm³/mol. The van der Waals surface area contributed by atoms with E-state index in [1.807, 2.05) is 42.5 Å². The van der Waals surface area contributed by atoms with E-state index in [0.717, 1.165) is 30.0 Å². The molecule has 29 heavy (non-hydrogen) atoms. The van der Waals surface area contributed by atoms with E-state index in [9.17, 15) is 9.59 Å². The molecule has 3 amide bonds. The van der Waals surface area contributed by atoms with Gasteiger partial charge in [0.25, 0.3) is 0 Å². The van der Waals surface area contributed by atoms with Crippen LogP contribution in [0.5, 0.6) is 0 Å². The smallest absolute Gasteiger partial charge is 0.315 e. The molecule has 0 radical (unpaired) electrons. The number of nitrogens with one attached hydrogen (secondary N) is 3. The highest BCUT2D eigenvalue weighted by molar-refractivity contribution is 5.78. The summed E-state index contributed by atoms with van der Waals surface area (Å²) in [5, 5.41) is 8.35. The highest BCUT2D eigenvalue weighted by Crippen LogP contribution is 2.14. The van der Waals surface area contributed by atoms with Gasteiger partial charge in [-0.2, -0.15) is 0 Å². The van der Waals surface area contributed by atoms with Gasteiger partial charge in [0.05, 0.1) is 13.2 Å². The highest BCUT2D eigenvalue weighted by atomic mass is 16.5. The standard InChI is InChI=1S/C21H27N5O3/c27-20(24-15-17-4-2-1-3-5-17)7-9-23-21(28)25-16-18-6-8-22-19(14-18)26-10-12-29-13-11-26/h1-6,8,14H,7,9-13,15-16H2,(H,24,27)(H2,23,25,28). The van der Waals surface area contributed by atoms with Crippen molar-refractivity contribution in [2.24, 2.45) is 0 Å². The summed E-state index contributed by atoms with van der Waals surface area (Å²) < 4.78 is 5.36. The van der Waals surface area contributed by atoms with Gasteiger partial charge in [0.1, 0.15) is 5.82 Å². The minimum Gasteiger partial charge on any atom is -0.378 e. The predicted octanol–water partition coefficient (Wildman–Crippen LogP) is 1.42. The number of pyridine rings is 1. The van der Waals surface area contributed by atoms with Gasteiger partial charge in [-0.15, -0.1) is 0 Å². The Morgan fingerprint density at radius 2 is 1.72 bits per heavy atom. The number of carbonyl (C=O) groups is 2. The third kappa shape index (κ3) is 7.08. The first-order valence-electron chi connectivity index (χ1n) is 9.80. The molecular weight excluding hydrogens is 370 g/mol. The van der Waals surface area contributed by atoms with E-state index in [1.54, 1.807) is 6.20 Å². The van der Waals surface area contributed by atoms with E-state index in [-0.39, 0.29) is 24.9 Å². The summed E-state index contributed by atoms with van der Waals surface area (Å²) in [7, 11) is 0. The second kappa shape index (κ2) is 11.0. The Bertz CT molecular complexity index is 794. The molecule has 1 aromatic carbocycles. The number of nitrogens with zero attached hydrogens (tertiary/aromatic N) is 2. The lowest BCUT2D eigenvalue weighted by molar-refractivity contribution is -0.121. The Morgan fingerprint density at radius 1 is 0.966 bits per heavy atom. The van der Waals surface area contributed by atoms with Crippen LogP contribution in [0, 0.1) is 0 Å². The van der Waals surface area contributed by atoms with Crippen molar-refractivity contribution in [1.82, 2.24) is 20.9 Å². The van der Waals surface area contributed by atoms with Gasteiger partial charge >= 0.3 is 6.03 Å². The first-order chi connectivity index (χ1) is 14.2. The van der Waals surface area contributed by atoms with Crippen molar-refractivity contribution < 1.29 is 14.3 Å². The number of rotatable bonds is 8. The second-order valence-electron chi connectivity index (χ2n) is 6.74. The van der Waals surface area contributed by atoms with E-state index >= 15 is 0 Å². The van der Waals surface area contributed by atoms with Gasteiger partial charge in [-0.3, -0.25) is 4.79 Å². The molecule has 8 heteroatoms. The number of amides is 3. The number of morpholine rings is 1. The largest absolute Gasteiger partial charge is 0.378 e. The van der Waals surface area contributed by atoms with Gasteiger partial charge in [-0.05, 0) is 23.3 Å². The van der Waals surface area contributed by atoms with E-state index in [4.69, 9.17) is 4.74 Å². The maximum atomic E-state index is 12.0. The maximum absolute atomic E-state index is 12.0. The van der Waals surface area contributed by atoms with Crippen molar-refractivity contribution in [3.63, 3.8) is 0 Å². The molecule has 0 unspecified atom stereocenters. The Hall–Kier alpha value is -3.13. The van der Waals surface area contributed by atoms with E-state index < -0.39 is 0 Å². The molecule has 0 aliphatic carbocycles. The second-order valence-corrected chi connectivity index (χ2v) is 6.74. The SMILES string of the molecule is O=C(CCNC(=O)NCc1ccnc(N2CCOCC2)c1)NCc1ccccc1. The minimum absolute atomic E-state index is 0.0987. The summed E-state index contributed by atoms with van der Waals surface area (Å²) in [4.78, 5) is 30.4. The normalized spacial score (nSPS) is 13.6. The molecule has 3 rings (SSSR count). The lowest BCUT2D eigenvalue weighted by Gasteiger charge is -2.28. The molecule has 1 aliphatic heterocycles. The van der Waals surface area contributed by atoms with Crippen LogP contribution in [0.4, 0.5) is 10.6 Å². The van der Waals surface area contributed by atoms with E-state index in [1.165, 1.54) is 0 Å². The van der Waals surface area contributed by atoms with Crippen LogP contribution >= 0.6 is 0 Å². The quantitative estimate of drug-likeness (QED) is 0.626. The van der Waals surface area contributed by atoms with Crippen LogP contribution in [0.15, 0.2) is 48.7 Å². The molecule has 0 spiro atoms. The summed E-state index contributed by atoms with van der Waals surface area (Å²) in [5.41, 5.74) is 2.01. The first-order valence-corrected chi connectivity index (χ1v) is 9.80. The average Bonchev–Trinajstić information content (AvgIpc) is 2.78. The Labute approximate surface area is 170 Å². The van der Waals surface area contributed by atoms with E-state index in [0.29, 0.717) is 26.3 Å². The van der Waals surface area contributed by atoms with Crippen molar-refractivity contribution in [2.75, 3.05) is 37.7 Å². The molecular formula is C21H27N5O3. The summed E-state index contributed by atoms with van der Waals surface area (Å²) >= 11 is 0. The zero-order valence-corrected chi connectivity index (χ0v) is 16.4. The van der Waals surface area contributed by atoms with Gasteiger partial charge in [0.15, 0.2) is 0 Å². The molecule has 0 bridgehead atoms. The number of benzene rings is 1. The number of hydrogen-bond donors (Lipinski definition) is 3. The molecule has 8 nitrogen and oxygen atoms in total. The molecule has 1 aromatic heterocycles. The third-order valence-corrected chi connectivity index (χ3v) is 4.57. The fourth-order valence-electron chi connectivity index (χ4n) is 2.96. The van der Waals surface area contributed by atoms with Crippen LogP contribution in [0.25, 0.3) is 0 Å². The number of hydrogen-bond acceptors (Lipinski definition) is 5. The molecule has 2 aromatic rings. The van der Waals surface area contributed by atoms with Gasteiger partial charge < -0.3 is 25.6 Å². The zero-order chi connectivity index (χ0) is 20.3. The maximum Gasteiger partial charge on any atom is 0.315 e. The van der Waals surface area contributed by atoms with Crippen LogP contribution in [0.1, 0.15) is 17.5 Å². The lowest BCUT2D eigenvalue weighted by atomic mass is 10.2. The van der Waals surface area contributed by atoms with Gasteiger partial charge in [0, 0.05) is 45.3 Å². The van der Waals surface area contributed by atoms with E-state index in [2.05, 4.69) is 25.8 Å². The first kappa shape index (κ1) is 20.6. The van der Waals surface area contributed by atoms with Crippen LogP contribution in [0.2, 0.25) is 0 Å². The topological polar surface area (TPSA) is 95.6 Å². The minimum atomic E-state index is -0.300. The summed E-state index contributed by atoms with van der Waals surface area (Å²) in [6, 6.07) is 13.3. The van der Waals surface area contributed by atoms with Crippen LogP contribution in [-0.2, 0) is 22.6 Å². The van der Waals surface area contributed by atoms with Gasteiger partial charge in [-0.1, -0.05) is 30.3 Å². The number of anilines is 1. The Balaban J connectivity index is 1.33. The zero-order valence-electron chi connectivity index (χ0n) is 16.4. The van der Waals surface area contributed by atoms with Gasteiger partial charge in [0.2, 0.25) is 5.91 Å². The van der Waals surface area contributed by atoms with Crippen molar-refractivity contribution in [1.29, 1.82) is 0 Å². The van der Waals surface area contributed by atoms with Gasteiger partial charge in [-0.25, -0.2) is 9.78 Å².